The number of benzene rings is 1. The van der Waals surface area contributed by atoms with Gasteiger partial charge in [-0.2, -0.15) is 0 Å². The summed E-state index contributed by atoms with van der Waals surface area (Å²) in [6, 6.07) is 5.61. The van der Waals surface area contributed by atoms with E-state index in [1.54, 1.807) is 18.2 Å². The van der Waals surface area contributed by atoms with E-state index in [2.05, 4.69) is 21.2 Å². The predicted molar refractivity (Wildman–Crippen MR) is 78.1 cm³/mol. The monoisotopic (exact) mass is 329 g/mol. The van der Waals surface area contributed by atoms with E-state index in [4.69, 9.17) is 11.6 Å². The fraction of sp³-hybridized carbons (Fsp3) is 0.500. The molecular weight excluding hydrogens is 314 g/mol. The van der Waals surface area contributed by atoms with Crippen LogP contribution in [0.25, 0.3) is 0 Å². The molecule has 98 valence electrons. The summed E-state index contributed by atoms with van der Waals surface area (Å²) in [6.07, 6.45) is 7.21. The van der Waals surface area contributed by atoms with Gasteiger partial charge in [0.1, 0.15) is 0 Å². The molecular formula is C14H17BrClNO. The van der Waals surface area contributed by atoms with Crippen LogP contribution < -0.4 is 5.32 Å². The van der Waals surface area contributed by atoms with Gasteiger partial charge in [-0.3, -0.25) is 4.79 Å². The van der Waals surface area contributed by atoms with Crippen molar-refractivity contribution in [3.05, 3.63) is 33.3 Å². The molecule has 0 atom stereocenters. The molecule has 0 heterocycles. The van der Waals surface area contributed by atoms with E-state index in [0.717, 1.165) is 17.3 Å². The Morgan fingerprint density at radius 2 is 1.89 bits per heavy atom. The number of hydrogen-bond donors (Lipinski definition) is 1. The third kappa shape index (κ3) is 3.72. The molecule has 0 bridgehead atoms. The largest absolute Gasteiger partial charge is 0.349 e. The van der Waals surface area contributed by atoms with Gasteiger partial charge in [0.2, 0.25) is 0 Å². The number of nitrogens with one attached hydrogen (secondary N) is 1. The highest BCUT2D eigenvalue weighted by Gasteiger charge is 2.16. The van der Waals surface area contributed by atoms with Gasteiger partial charge in [0, 0.05) is 16.1 Å². The van der Waals surface area contributed by atoms with Gasteiger partial charge in [0.05, 0.1) is 5.02 Å². The van der Waals surface area contributed by atoms with Gasteiger partial charge in [0.15, 0.2) is 0 Å². The molecule has 1 fully saturated rings. The van der Waals surface area contributed by atoms with Crippen LogP contribution in [0.15, 0.2) is 22.7 Å². The second-order valence-corrected chi connectivity index (χ2v) is 6.05. The molecule has 1 amide bonds. The highest BCUT2D eigenvalue weighted by atomic mass is 79.9. The van der Waals surface area contributed by atoms with Gasteiger partial charge >= 0.3 is 0 Å². The Balaban J connectivity index is 1.99. The molecule has 1 aromatic rings. The van der Waals surface area contributed by atoms with Crippen molar-refractivity contribution in [1.29, 1.82) is 0 Å². The predicted octanol–water partition coefficient (Wildman–Crippen LogP) is 4.56. The fourth-order valence-electron chi connectivity index (χ4n) is 2.33. The van der Waals surface area contributed by atoms with Crippen molar-refractivity contribution in [1.82, 2.24) is 5.32 Å². The molecule has 0 aliphatic heterocycles. The molecule has 0 unspecified atom stereocenters. The van der Waals surface area contributed by atoms with E-state index in [-0.39, 0.29) is 5.91 Å². The summed E-state index contributed by atoms with van der Waals surface area (Å²) < 4.78 is 0.762. The molecule has 0 saturated heterocycles. The van der Waals surface area contributed by atoms with Crippen molar-refractivity contribution < 1.29 is 4.79 Å². The molecule has 1 N–H and O–H groups in total. The zero-order valence-corrected chi connectivity index (χ0v) is 12.6. The summed E-state index contributed by atoms with van der Waals surface area (Å²) in [4.78, 5) is 12.1. The number of carbonyl (C=O) groups excluding carboxylic acids is 1. The molecule has 1 aliphatic rings. The number of halogens is 2. The summed E-state index contributed by atoms with van der Waals surface area (Å²) in [5.41, 5.74) is 0.663. The van der Waals surface area contributed by atoms with Gasteiger partial charge < -0.3 is 5.32 Å². The lowest BCUT2D eigenvalue weighted by Gasteiger charge is -2.16. The molecule has 1 aromatic carbocycles. The van der Waals surface area contributed by atoms with Crippen molar-refractivity contribution in [3.63, 3.8) is 0 Å². The summed E-state index contributed by atoms with van der Waals surface area (Å²) >= 11 is 9.26. The van der Waals surface area contributed by atoms with Crippen LogP contribution in [-0.4, -0.2) is 11.9 Å². The first-order valence-electron chi connectivity index (χ1n) is 6.43. The topological polar surface area (TPSA) is 29.1 Å². The first kappa shape index (κ1) is 13.9. The number of carbonyl (C=O) groups is 1. The van der Waals surface area contributed by atoms with E-state index in [1.807, 2.05) is 0 Å². The Morgan fingerprint density at radius 1 is 1.22 bits per heavy atom. The zero-order chi connectivity index (χ0) is 13.0. The van der Waals surface area contributed by atoms with Gasteiger partial charge in [-0.05, 0) is 47.0 Å². The second kappa shape index (κ2) is 6.58. The van der Waals surface area contributed by atoms with Crippen LogP contribution in [0.3, 0.4) is 0 Å². The summed E-state index contributed by atoms with van der Waals surface area (Å²) in [5, 5.41) is 3.74. The fourth-order valence-corrected chi connectivity index (χ4v) is 2.83. The van der Waals surface area contributed by atoms with Crippen LogP contribution in [0.5, 0.6) is 0 Å². The molecule has 18 heavy (non-hydrogen) atoms. The quantitative estimate of drug-likeness (QED) is 0.792. The lowest BCUT2D eigenvalue weighted by molar-refractivity contribution is 0.0933. The van der Waals surface area contributed by atoms with Crippen LogP contribution in [-0.2, 0) is 0 Å². The Bertz CT molecular complexity index is 428. The molecule has 1 aliphatic carbocycles. The maximum absolute atomic E-state index is 12.1. The minimum absolute atomic E-state index is 0.000679. The normalized spacial score (nSPS) is 17.2. The highest BCUT2D eigenvalue weighted by molar-refractivity contribution is 9.10. The third-order valence-electron chi connectivity index (χ3n) is 3.37. The van der Waals surface area contributed by atoms with Gasteiger partial charge in [0.25, 0.3) is 5.91 Å². The molecule has 4 heteroatoms. The maximum Gasteiger partial charge on any atom is 0.251 e. The second-order valence-electron chi connectivity index (χ2n) is 4.79. The lowest BCUT2D eigenvalue weighted by Crippen LogP contribution is -2.34. The van der Waals surface area contributed by atoms with Gasteiger partial charge in [-0.15, -0.1) is 0 Å². The molecule has 0 aromatic heterocycles. The number of amides is 1. The minimum Gasteiger partial charge on any atom is -0.349 e. The first-order chi connectivity index (χ1) is 8.66. The molecule has 1 saturated carbocycles. The minimum atomic E-state index is -0.000679. The lowest BCUT2D eigenvalue weighted by atomic mass is 10.1. The number of hydrogen-bond acceptors (Lipinski definition) is 1. The van der Waals surface area contributed by atoms with Crippen LogP contribution in [0.4, 0.5) is 0 Å². The van der Waals surface area contributed by atoms with E-state index in [9.17, 15) is 4.79 Å². The number of rotatable bonds is 2. The summed E-state index contributed by atoms with van der Waals surface area (Å²) in [7, 11) is 0. The highest BCUT2D eigenvalue weighted by Crippen LogP contribution is 2.23. The average Bonchev–Trinajstić information content (AvgIpc) is 2.61. The first-order valence-corrected chi connectivity index (χ1v) is 7.60. The van der Waals surface area contributed by atoms with Crippen LogP contribution in [0, 0.1) is 0 Å². The van der Waals surface area contributed by atoms with Crippen molar-refractivity contribution in [2.24, 2.45) is 0 Å². The Kier molecular flexibility index (Phi) is 5.07. The van der Waals surface area contributed by atoms with Crippen molar-refractivity contribution in [2.75, 3.05) is 0 Å². The van der Waals surface area contributed by atoms with Crippen molar-refractivity contribution in [3.8, 4) is 0 Å². The van der Waals surface area contributed by atoms with E-state index < -0.39 is 0 Å². The van der Waals surface area contributed by atoms with Crippen molar-refractivity contribution >= 4 is 33.4 Å². The molecule has 2 rings (SSSR count). The average molecular weight is 331 g/mol. The van der Waals surface area contributed by atoms with Crippen molar-refractivity contribution in [2.45, 2.75) is 44.6 Å². The van der Waals surface area contributed by atoms with E-state index in [1.165, 1.54) is 25.7 Å². The van der Waals surface area contributed by atoms with Crippen LogP contribution in [0.2, 0.25) is 5.02 Å². The zero-order valence-electron chi connectivity index (χ0n) is 10.2. The summed E-state index contributed by atoms with van der Waals surface area (Å²) in [5.74, 6) is -0.000679. The molecule has 0 spiro atoms. The summed E-state index contributed by atoms with van der Waals surface area (Å²) in [6.45, 7) is 0. The Morgan fingerprint density at radius 3 is 2.50 bits per heavy atom. The smallest absolute Gasteiger partial charge is 0.251 e. The van der Waals surface area contributed by atoms with Crippen LogP contribution >= 0.6 is 27.5 Å². The van der Waals surface area contributed by atoms with Gasteiger partial charge in [-0.25, -0.2) is 0 Å². The molecule has 0 radical (unpaired) electrons. The standard InChI is InChI=1S/C14H17BrClNO/c15-12-9-10(7-8-13(12)16)14(18)17-11-5-3-1-2-4-6-11/h7-9,11H,1-6H2,(H,17,18). The SMILES string of the molecule is O=C(NC1CCCCCC1)c1ccc(Cl)c(Br)c1. The third-order valence-corrected chi connectivity index (χ3v) is 4.59. The Labute approximate surface area is 121 Å². The molecule has 2 nitrogen and oxygen atoms in total. The Hall–Kier alpha value is -0.540. The maximum atomic E-state index is 12.1. The van der Waals surface area contributed by atoms with E-state index >= 15 is 0 Å². The van der Waals surface area contributed by atoms with E-state index in [0.29, 0.717) is 16.6 Å². The van der Waals surface area contributed by atoms with Gasteiger partial charge in [-0.1, -0.05) is 37.3 Å². The van der Waals surface area contributed by atoms with Crippen LogP contribution in [0.1, 0.15) is 48.9 Å².